The van der Waals surface area contributed by atoms with Crippen LogP contribution in [0.15, 0.2) is 0 Å². The molecule has 0 spiro atoms. The van der Waals surface area contributed by atoms with Crippen molar-refractivity contribution in [1.82, 2.24) is 15.1 Å². The SMILES string of the molecule is CN(CCCC=O)C1CCN(C2CCNCC2)CC1. The third kappa shape index (κ3) is 4.55. The molecule has 19 heavy (non-hydrogen) atoms. The second-order valence-electron chi connectivity index (χ2n) is 6.04. The van der Waals surface area contributed by atoms with Crippen LogP contribution in [-0.2, 0) is 4.79 Å². The molecule has 0 aliphatic carbocycles. The van der Waals surface area contributed by atoms with Gasteiger partial charge in [0, 0.05) is 18.5 Å². The summed E-state index contributed by atoms with van der Waals surface area (Å²) in [6.45, 7) is 5.96. The fraction of sp³-hybridized carbons (Fsp3) is 0.933. The van der Waals surface area contributed by atoms with Gasteiger partial charge in [-0.15, -0.1) is 0 Å². The van der Waals surface area contributed by atoms with Crippen LogP contribution in [0.4, 0.5) is 0 Å². The van der Waals surface area contributed by atoms with Gasteiger partial charge in [-0.2, -0.15) is 0 Å². The van der Waals surface area contributed by atoms with E-state index in [1.165, 1.54) is 51.9 Å². The first-order valence-electron chi connectivity index (χ1n) is 7.90. The van der Waals surface area contributed by atoms with Gasteiger partial charge in [0.2, 0.25) is 0 Å². The van der Waals surface area contributed by atoms with Crippen LogP contribution >= 0.6 is 0 Å². The highest BCUT2D eigenvalue weighted by atomic mass is 16.1. The lowest BCUT2D eigenvalue weighted by atomic mass is 9.98. The Kier molecular flexibility index (Phi) is 6.28. The summed E-state index contributed by atoms with van der Waals surface area (Å²) in [4.78, 5) is 15.5. The molecule has 0 atom stereocenters. The minimum atomic E-state index is 0.707. The van der Waals surface area contributed by atoms with E-state index in [2.05, 4.69) is 22.2 Å². The second-order valence-corrected chi connectivity index (χ2v) is 6.04. The van der Waals surface area contributed by atoms with Gasteiger partial charge < -0.3 is 19.9 Å². The zero-order chi connectivity index (χ0) is 13.5. The van der Waals surface area contributed by atoms with Gasteiger partial charge in [0.15, 0.2) is 0 Å². The summed E-state index contributed by atoms with van der Waals surface area (Å²) in [6, 6.07) is 1.55. The molecule has 2 fully saturated rings. The first-order chi connectivity index (χ1) is 9.31. The highest BCUT2D eigenvalue weighted by Crippen LogP contribution is 2.21. The minimum absolute atomic E-state index is 0.707. The largest absolute Gasteiger partial charge is 0.317 e. The maximum Gasteiger partial charge on any atom is 0.120 e. The van der Waals surface area contributed by atoms with Gasteiger partial charge in [-0.05, 0) is 71.9 Å². The lowest BCUT2D eigenvalue weighted by molar-refractivity contribution is -0.108. The number of likely N-dealkylation sites (tertiary alicyclic amines) is 1. The topological polar surface area (TPSA) is 35.6 Å². The van der Waals surface area contributed by atoms with E-state index in [0.717, 1.165) is 31.3 Å². The molecule has 1 N–H and O–H groups in total. The first kappa shape index (κ1) is 14.9. The molecule has 4 nitrogen and oxygen atoms in total. The Bertz CT molecular complexity index is 258. The number of hydrogen-bond donors (Lipinski definition) is 1. The molecule has 0 aromatic heterocycles. The van der Waals surface area contributed by atoms with Gasteiger partial charge in [0.25, 0.3) is 0 Å². The van der Waals surface area contributed by atoms with Gasteiger partial charge in [-0.3, -0.25) is 0 Å². The van der Waals surface area contributed by atoms with Gasteiger partial charge in [0.1, 0.15) is 6.29 Å². The number of piperidine rings is 2. The van der Waals surface area contributed by atoms with Gasteiger partial charge in [0.05, 0.1) is 0 Å². The van der Waals surface area contributed by atoms with E-state index in [9.17, 15) is 4.79 Å². The van der Waals surface area contributed by atoms with Gasteiger partial charge >= 0.3 is 0 Å². The summed E-state index contributed by atoms with van der Waals surface area (Å²) in [5.74, 6) is 0. The molecular weight excluding hydrogens is 238 g/mol. The van der Waals surface area contributed by atoms with E-state index in [-0.39, 0.29) is 0 Å². The van der Waals surface area contributed by atoms with E-state index < -0.39 is 0 Å². The highest BCUT2D eigenvalue weighted by Gasteiger charge is 2.27. The predicted octanol–water partition coefficient (Wildman–Crippen LogP) is 1.11. The third-order valence-corrected chi connectivity index (χ3v) is 4.78. The quantitative estimate of drug-likeness (QED) is 0.578. The number of rotatable bonds is 6. The van der Waals surface area contributed by atoms with Gasteiger partial charge in [-0.25, -0.2) is 0 Å². The molecule has 2 saturated heterocycles. The Morgan fingerprint density at radius 3 is 2.53 bits per heavy atom. The molecule has 2 aliphatic heterocycles. The monoisotopic (exact) mass is 267 g/mol. The Balaban J connectivity index is 1.67. The summed E-state index contributed by atoms with van der Waals surface area (Å²) in [7, 11) is 2.22. The molecule has 4 heteroatoms. The summed E-state index contributed by atoms with van der Waals surface area (Å²) < 4.78 is 0. The molecule has 0 bridgehead atoms. The molecule has 0 aromatic carbocycles. The van der Waals surface area contributed by atoms with Crippen molar-refractivity contribution in [3.05, 3.63) is 0 Å². The standard InChI is InChI=1S/C15H29N3O/c1-17(10-2-3-13-19)14-6-11-18(12-7-14)15-4-8-16-9-5-15/h13-16H,2-12H2,1H3. The van der Waals surface area contributed by atoms with Crippen molar-refractivity contribution < 1.29 is 4.79 Å². The van der Waals surface area contributed by atoms with E-state index in [1.807, 2.05) is 0 Å². The summed E-state index contributed by atoms with van der Waals surface area (Å²) in [6.07, 6.45) is 7.98. The maximum absolute atomic E-state index is 10.4. The number of nitrogens with zero attached hydrogens (tertiary/aromatic N) is 2. The van der Waals surface area contributed by atoms with Crippen LogP contribution in [0.1, 0.15) is 38.5 Å². The summed E-state index contributed by atoms with van der Waals surface area (Å²) in [5.41, 5.74) is 0. The summed E-state index contributed by atoms with van der Waals surface area (Å²) in [5, 5.41) is 3.45. The van der Waals surface area contributed by atoms with Crippen molar-refractivity contribution in [2.24, 2.45) is 0 Å². The Hall–Kier alpha value is -0.450. The van der Waals surface area contributed by atoms with Crippen LogP contribution in [0.5, 0.6) is 0 Å². The smallest absolute Gasteiger partial charge is 0.120 e. The van der Waals surface area contributed by atoms with E-state index in [0.29, 0.717) is 6.42 Å². The molecule has 0 aromatic rings. The molecular formula is C15H29N3O. The zero-order valence-corrected chi connectivity index (χ0v) is 12.3. The molecule has 0 unspecified atom stereocenters. The molecule has 0 radical (unpaired) electrons. The minimum Gasteiger partial charge on any atom is -0.317 e. The molecule has 2 heterocycles. The van der Waals surface area contributed by atoms with Crippen LogP contribution in [-0.4, -0.2) is 67.9 Å². The van der Waals surface area contributed by atoms with E-state index in [1.54, 1.807) is 0 Å². The number of carbonyl (C=O) groups excluding carboxylic acids is 1. The average molecular weight is 267 g/mol. The second kappa shape index (κ2) is 7.98. The molecule has 0 amide bonds. The predicted molar refractivity (Wildman–Crippen MR) is 78.4 cm³/mol. The lowest BCUT2D eigenvalue weighted by Gasteiger charge is -2.41. The Morgan fingerprint density at radius 1 is 1.21 bits per heavy atom. The van der Waals surface area contributed by atoms with E-state index in [4.69, 9.17) is 0 Å². The van der Waals surface area contributed by atoms with Crippen molar-refractivity contribution in [3.63, 3.8) is 0 Å². The highest BCUT2D eigenvalue weighted by molar-refractivity contribution is 5.48. The van der Waals surface area contributed by atoms with Crippen LogP contribution in [0.25, 0.3) is 0 Å². The number of aldehydes is 1. The fourth-order valence-electron chi connectivity index (χ4n) is 3.47. The number of unbranched alkanes of at least 4 members (excludes halogenated alkanes) is 1. The average Bonchev–Trinajstić information content (AvgIpc) is 2.48. The van der Waals surface area contributed by atoms with E-state index >= 15 is 0 Å². The van der Waals surface area contributed by atoms with Crippen molar-refractivity contribution in [1.29, 1.82) is 0 Å². The van der Waals surface area contributed by atoms with Crippen LogP contribution in [0.2, 0.25) is 0 Å². The lowest BCUT2D eigenvalue weighted by Crippen LogP contribution is -2.50. The van der Waals surface area contributed by atoms with Crippen molar-refractivity contribution in [2.75, 3.05) is 39.8 Å². The maximum atomic E-state index is 10.4. The van der Waals surface area contributed by atoms with Crippen molar-refractivity contribution >= 4 is 6.29 Å². The van der Waals surface area contributed by atoms with Crippen LogP contribution in [0, 0.1) is 0 Å². The van der Waals surface area contributed by atoms with Crippen LogP contribution in [0.3, 0.4) is 0 Å². The molecule has 0 saturated carbocycles. The summed E-state index contributed by atoms with van der Waals surface area (Å²) >= 11 is 0. The number of carbonyl (C=O) groups is 1. The normalized spacial score (nSPS) is 23.9. The van der Waals surface area contributed by atoms with Crippen molar-refractivity contribution in [3.8, 4) is 0 Å². The number of hydrogen-bond acceptors (Lipinski definition) is 4. The molecule has 110 valence electrons. The van der Waals surface area contributed by atoms with Gasteiger partial charge in [-0.1, -0.05) is 0 Å². The van der Waals surface area contributed by atoms with Crippen molar-refractivity contribution in [2.45, 2.75) is 50.6 Å². The van der Waals surface area contributed by atoms with Crippen LogP contribution < -0.4 is 5.32 Å². The molecule has 2 aliphatic rings. The zero-order valence-electron chi connectivity index (χ0n) is 12.3. The fourth-order valence-corrected chi connectivity index (χ4v) is 3.47. The molecule has 2 rings (SSSR count). The number of nitrogens with one attached hydrogen (secondary N) is 1. The Morgan fingerprint density at radius 2 is 1.89 bits per heavy atom. The third-order valence-electron chi connectivity index (χ3n) is 4.78. The first-order valence-corrected chi connectivity index (χ1v) is 7.90. The Labute approximate surface area is 117 Å².